The molecular formula is C10H18N2O3. The first-order valence-corrected chi connectivity index (χ1v) is 5.10. The normalized spacial score (nSPS) is 22.0. The van der Waals surface area contributed by atoms with Gasteiger partial charge < -0.3 is 15.1 Å². The van der Waals surface area contributed by atoms with Crippen LogP contribution in [0.5, 0.6) is 0 Å². The molecule has 0 fully saturated rings. The van der Waals surface area contributed by atoms with Gasteiger partial charge >= 0.3 is 6.03 Å². The van der Waals surface area contributed by atoms with Crippen LogP contribution in [0.1, 0.15) is 13.8 Å². The minimum Gasteiger partial charge on any atom is -0.395 e. The van der Waals surface area contributed by atoms with E-state index in [0.29, 0.717) is 13.1 Å². The highest BCUT2D eigenvalue weighted by molar-refractivity contribution is 5.78. The van der Waals surface area contributed by atoms with E-state index in [0.717, 1.165) is 5.70 Å². The van der Waals surface area contributed by atoms with E-state index in [1.165, 1.54) is 4.90 Å². The van der Waals surface area contributed by atoms with Crippen molar-refractivity contribution in [3.05, 3.63) is 11.8 Å². The van der Waals surface area contributed by atoms with Crippen LogP contribution in [0.3, 0.4) is 0 Å². The molecule has 5 heteroatoms. The maximum absolute atomic E-state index is 11.9. The van der Waals surface area contributed by atoms with Gasteiger partial charge in [-0.05, 0) is 19.9 Å². The number of β-amino-alcohol motifs (C(OH)–C–C–N with tert-alkyl or cyclic N) is 2. The van der Waals surface area contributed by atoms with Gasteiger partial charge in [0.2, 0.25) is 0 Å². The molecule has 1 heterocycles. The first kappa shape index (κ1) is 12.0. The summed E-state index contributed by atoms with van der Waals surface area (Å²) in [5, 5.41) is 17.7. The Balaban J connectivity index is 2.83. The molecule has 0 aromatic heterocycles. The summed E-state index contributed by atoms with van der Waals surface area (Å²) in [4.78, 5) is 15.0. The quantitative estimate of drug-likeness (QED) is 0.692. The second-order valence-corrected chi connectivity index (χ2v) is 3.62. The Morgan fingerprint density at radius 2 is 1.93 bits per heavy atom. The second kappa shape index (κ2) is 5.14. The molecule has 0 aromatic carbocycles. The lowest BCUT2D eigenvalue weighted by Crippen LogP contribution is -2.51. The van der Waals surface area contributed by atoms with Crippen molar-refractivity contribution in [2.45, 2.75) is 19.9 Å². The lowest BCUT2D eigenvalue weighted by Gasteiger charge is -2.38. The molecule has 0 saturated heterocycles. The van der Waals surface area contributed by atoms with Gasteiger partial charge in [0.1, 0.15) is 0 Å². The summed E-state index contributed by atoms with van der Waals surface area (Å²) in [6.07, 6.45) is 1.95. The van der Waals surface area contributed by atoms with Crippen molar-refractivity contribution < 1.29 is 15.0 Å². The Morgan fingerprint density at radius 1 is 1.33 bits per heavy atom. The maximum atomic E-state index is 11.9. The summed E-state index contributed by atoms with van der Waals surface area (Å²) in [6, 6.07) is -0.148. The van der Waals surface area contributed by atoms with Crippen LogP contribution in [0.2, 0.25) is 0 Å². The Kier molecular flexibility index (Phi) is 4.11. The molecule has 0 saturated carbocycles. The molecular weight excluding hydrogens is 196 g/mol. The molecule has 1 unspecified atom stereocenters. The van der Waals surface area contributed by atoms with Crippen LogP contribution in [0.4, 0.5) is 4.79 Å². The fraction of sp³-hybridized carbons (Fsp3) is 0.700. The van der Waals surface area contributed by atoms with Crippen LogP contribution < -0.4 is 0 Å². The number of urea groups is 1. The predicted molar refractivity (Wildman–Crippen MR) is 56.2 cm³/mol. The number of allylic oxidation sites excluding steroid dienone is 1. The highest BCUT2D eigenvalue weighted by Crippen LogP contribution is 2.18. The van der Waals surface area contributed by atoms with Crippen molar-refractivity contribution in [1.82, 2.24) is 9.80 Å². The minimum absolute atomic E-state index is 0.000377. The average Bonchev–Trinajstić information content (AvgIpc) is 2.19. The smallest absolute Gasteiger partial charge is 0.324 e. The fourth-order valence-electron chi connectivity index (χ4n) is 1.79. The van der Waals surface area contributed by atoms with Crippen LogP contribution in [0.15, 0.2) is 11.8 Å². The van der Waals surface area contributed by atoms with Gasteiger partial charge in [-0.3, -0.25) is 4.90 Å². The summed E-state index contributed by atoms with van der Waals surface area (Å²) in [6.45, 7) is 4.28. The first-order chi connectivity index (χ1) is 7.11. The number of aliphatic hydroxyl groups excluding tert-OH is 2. The molecule has 1 aliphatic rings. The zero-order valence-electron chi connectivity index (χ0n) is 9.18. The zero-order valence-corrected chi connectivity index (χ0v) is 9.18. The SMILES string of the molecule is CC1=CC(C)N(CCO)C(=O)N1CCO. The molecule has 0 radical (unpaired) electrons. The molecule has 2 N–H and O–H groups in total. The third-order valence-electron chi connectivity index (χ3n) is 2.54. The van der Waals surface area contributed by atoms with E-state index in [-0.39, 0.29) is 25.3 Å². The van der Waals surface area contributed by atoms with Crippen molar-refractivity contribution in [3.8, 4) is 0 Å². The molecule has 0 aliphatic carbocycles. The van der Waals surface area contributed by atoms with Crippen LogP contribution >= 0.6 is 0 Å². The lowest BCUT2D eigenvalue weighted by molar-refractivity contribution is 0.124. The van der Waals surface area contributed by atoms with E-state index >= 15 is 0 Å². The molecule has 1 rings (SSSR count). The maximum Gasteiger partial charge on any atom is 0.324 e. The largest absolute Gasteiger partial charge is 0.395 e. The van der Waals surface area contributed by atoms with Crippen LogP contribution in [0, 0.1) is 0 Å². The topological polar surface area (TPSA) is 64.0 Å². The number of rotatable bonds is 4. The summed E-state index contributed by atoms with van der Waals surface area (Å²) < 4.78 is 0. The van der Waals surface area contributed by atoms with E-state index in [1.807, 2.05) is 19.9 Å². The summed E-state index contributed by atoms with van der Waals surface area (Å²) in [5.41, 5.74) is 0.857. The van der Waals surface area contributed by atoms with Gasteiger partial charge in [-0.1, -0.05) is 0 Å². The van der Waals surface area contributed by atoms with Crippen molar-refractivity contribution >= 4 is 6.03 Å². The van der Waals surface area contributed by atoms with E-state index in [4.69, 9.17) is 10.2 Å². The molecule has 1 atom stereocenters. The van der Waals surface area contributed by atoms with Gasteiger partial charge in [-0.25, -0.2) is 4.79 Å². The van der Waals surface area contributed by atoms with E-state index < -0.39 is 0 Å². The Hall–Kier alpha value is -1.07. The number of aliphatic hydroxyl groups is 2. The number of amides is 2. The second-order valence-electron chi connectivity index (χ2n) is 3.62. The summed E-state index contributed by atoms with van der Waals surface area (Å²) in [7, 11) is 0. The predicted octanol–water partition coefficient (Wildman–Crippen LogP) is 0.000900. The van der Waals surface area contributed by atoms with Crippen LogP contribution in [-0.4, -0.2) is 58.4 Å². The van der Waals surface area contributed by atoms with Crippen molar-refractivity contribution in [1.29, 1.82) is 0 Å². The van der Waals surface area contributed by atoms with Crippen molar-refractivity contribution in [2.24, 2.45) is 0 Å². The van der Waals surface area contributed by atoms with Gasteiger partial charge in [0.25, 0.3) is 0 Å². The zero-order chi connectivity index (χ0) is 11.4. The van der Waals surface area contributed by atoms with Crippen LogP contribution in [0.25, 0.3) is 0 Å². The number of hydrogen-bond acceptors (Lipinski definition) is 3. The molecule has 2 amide bonds. The Morgan fingerprint density at radius 3 is 2.47 bits per heavy atom. The highest BCUT2D eigenvalue weighted by atomic mass is 16.3. The van der Waals surface area contributed by atoms with E-state index in [2.05, 4.69) is 0 Å². The molecule has 86 valence electrons. The minimum atomic E-state index is -0.148. The Bertz CT molecular complexity index is 265. The van der Waals surface area contributed by atoms with Gasteiger partial charge in [-0.15, -0.1) is 0 Å². The standard InChI is InChI=1S/C10H18N2O3/c1-8-7-9(2)12(4-6-14)10(15)11(8)3-5-13/h7-8,13-14H,3-6H2,1-2H3. The highest BCUT2D eigenvalue weighted by Gasteiger charge is 2.29. The third-order valence-corrected chi connectivity index (χ3v) is 2.54. The van der Waals surface area contributed by atoms with Gasteiger partial charge in [0, 0.05) is 12.2 Å². The Labute approximate surface area is 89.6 Å². The number of carbonyl (C=O) groups is 1. The lowest BCUT2D eigenvalue weighted by atomic mass is 10.2. The molecule has 15 heavy (non-hydrogen) atoms. The molecule has 0 bridgehead atoms. The molecule has 1 aliphatic heterocycles. The van der Waals surface area contributed by atoms with Crippen molar-refractivity contribution in [3.63, 3.8) is 0 Å². The van der Waals surface area contributed by atoms with Crippen LogP contribution in [-0.2, 0) is 0 Å². The fourth-order valence-corrected chi connectivity index (χ4v) is 1.79. The summed E-state index contributed by atoms with van der Waals surface area (Å²) >= 11 is 0. The summed E-state index contributed by atoms with van der Waals surface area (Å²) in [5.74, 6) is 0. The van der Waals surface area contributed by atoms with E-state index in [1.54, 1.807) is 4.90 Å². The molecule has 0 aromatic rings. The van der Waals surface area contributed by atoms with E-state index in [9.17, 15) is 4.79 Å². The molecule has 5 nitrogen and oxygen atoms in total. The first-order valence-electron chi connectivity index (χ1n) is 5.10. The molecule has 0 spiro atoms. The van der Waals surface area contributed by atoms with Gasteiger partial charge in [0.15, 0.2) is 0 Å². The monoisotopic (exact) mass is 214 g/mol. The third kappa shape index (κ3) is 2.49. The number of nitrogens with zero attached hydrogens (tertiary/aromatic N) is 2. The number of carbonyl (C=O) groups excluding carboxylic acids is 1. The van der Waals surface area contributed by atoms with Gasteiger partial charge in [-0.2, -0.15) is 0 Å². The van der Waals surface area contributed by atoms with Crippen molar-refractivity contribution in [2.75, 3.05) is 26.3 Å². The average molecular weight is 214 g/mol. The number of hydrogen-bond donors (Lipinski definition) is 2. The van der Waals surface area contributed by atoms with Gasteiger partial charge in [0.05, 0.1) is 25.8 Å².